The van der Waals surface area contributed by atoms with E-state index < -0.39 is 35.6 Å². The van der Waals surface area contributed by atoms with Crippen LogP contribution in [0, 0.1) is 19.8 Å². The molecule has 8 nitrogen and oxygen atoms in total. The van der Waals surface area contributed by atoms with Crippen LogP contribution >= 0.6 is 0 Å². The number of carbonyl (C=O) groups excluding carboxylic acids is 3. The number of nitrogens with one attached hydrogen (secondary N) is 2. The summed E-state index contributed by atoms with van der Waals surface area (Å²) in [5, 5.41) is 15.6. The monoisotopic (exact) mass is 511 g/mol. The van der Waals surface area contributed by atoms with Crippen molar-refractivity contribution < 1.29 is 24.2 Å². The van der Waals surface area contributed by atoms with Gasteiger partial charge in [-0.3, -0.25) is 9.59 Å². The maximum Gasteiger partial charge on any atom is 0.408 e. The lowest BCUT2D eigenvalue weighted by Crippen LogP contribution is -2.53. The normalized spacial score (nSPS) is 13.0. The Morgan fingerprint density at radius 1 is 1.03 bits per heavy atom. The Kier molecular flexibility index (Phi) is 10.7. The van der Waals surface area contributed by atoms with Crippen LogP contribution in [0.4, 0.5) is 10.5 Å². The van der Waals surface area contributed by atoms with Gasteiger partial charge in [0.15, 0.2) is 0 Å². The van der Waals surface area contributed by atoms with Crippen molar-refractivity contribution in [1.29, 1.82) is 0 Å². The van der Waals surface area contributed by atoms with Crippen LogP contribution in [0.25, 0.3) is 0 Å². The van der Waals surface area contributed by atoms with E-state index in [0.717, 1.165) is 11.1 Å². The van der Waals surface area contributed by atoms with E-state index in [9.17, 15) is 19.5 Å². The van der Waals surface area contributed by atoms with Crippen molar-refractivity contribution in [1.82, 2.24) is 10.2 Å². The van der Waals surface area contributed by atoms with Gasteiger partial charge in [-0.25, -0.2) is 4.79 Å². The van der Waals surface area contributed by atoms with E-state index in [1.54, 1.807) is 32.9 Å². The summed E-state index contributed by atoms with van der Waals surface area (Å²) in [6, 6.07) is 12.8. The zero-order valence-electron chi connectivity index (χ0n) is 23.0. The molecule has 3 N–H and O–H groups in total. The first-order valence-corrected chi connectivity index (χ1v) is 12.7. The Morgan fingerprint density at radius 2 is 1.70 bits per heavy atom. The van der Waals surface area contributed by atoms with E-state index >= 15 is 0 Å². The Labute approximate surface area is 220 Å². The molecule has 0 aromatic heterocycles. The molecule has 0 saturated carbocycles. The van der Waals surface area contributed by atoms with Crippen molar-refractivity contribution in [3.63, 3.8) is 0 Å². The molecule has 0 bridgehead atoms. The van der Waals surface area contributed by atoms with E-state index in [1.807, 2.05) is 64.1 Å². The second kappa shape index (κ2) is 13.2. The number of aliphatic hydroxyl groups excluding tert-OH is 1. The van der Waals surface area contributed by atoms with Crippen molar-refractivity contribution in [2.24, 2.45) is 5.92 Å². The first-order chi connectivity index (χ1) is 17.3. The van der Waals surface area contributed by atoms with Gasteiger partial charge in [0.25, 0.3) is 5.91 Å². The molecule has 3 amide bonds. The number of amides is 3. The molecule has 202 valence electrons. The van der Waals surface area contributed by atoms with Crippen LogP contribution in [0.3, 0.4) is 0 Å². The Morgan fingerprint density at radius 3 is 2.27 bits per heavy atom. The van der Waals surface area contributed by atoms with Gasteiger partial charge in [-0.15, -0.1) is 0 Å². The van der Waals surface area contributed by atoms with Crippen molar-refractivity contribution in [2.75, 3.05) is 18.5 Å². The van der Waals surface area contributed by atoms with Crippen LogP contribution in [0.5, 0.6) is 0 Å². The molecule has 0 fully saturated rings. The zero-order valence-corrected chi connectivity index (χ0v) is 23.0. The van der Waals surface area contributed by atoms with Gasteiger partial charge in [-0.05, 0) is 64.2 Å². The fraction of sp³-hybridized carbons (Fsp3) is 0.483. The number of ether oxygens (including phenoxy) is 1. The number of anilines is 1. The predicted octanol–water partition coefficient (Wildman–Crippen LogP) is 4.74. The number of alkyl carbamates (subject to hydrolysis) is 1. The molecule has 0 heterocycles. The molecule has 2 rings (SSSR count). The Hall–Kier alpha value is -3.39. The summed E-state index contributed by atoms with van der Waals surface area (Å²) in [7, 11) is 0. The molecule has 0 aliphatic carbocycles. The van der Waals surface area contributed by atoms with Crippen LogP contribution in [0.1, 0.15) is 63.8 Å². The number of aryl methyl sites for hydroxylation is 2. The summed E-state index contributed by atoms with van der Waals surface area (Å²) in [5.74, 6) is -0.819. The van der Waals surface area contributed by atoms with Crippen molar-refractivity contribution in [3.05, 3.63) is 65.2 Å². The maximum absolute atomic E-state index is 14.0. The summed E-state index contributed by atoms with van der Waals surface area (Å²) in [6.45, 7) is 12.5. The quantitative estimate of drug-likeness (QED) is 0.427. The molecule has 0 radical (unpaired) electrons. The van der Waals surface area contributed by atoms with Crippen LogP contribution in [-0.4, -0.2) is 52.7 Å². The number of para-hydroxylation sites is 1. The third kappa shape index (κ3) is 9.21. The minimum absolute atomic E-state index is 0.0677. The summed E-state index contributed by atoms with van der Waals surface area (Å²) < 4.78 is 5.39. The molecular weight excluding hydrogens is 470 g/mol. The summed E-state index contributed by atoms with van der Waals surface area (Å²) in [4.78, 5) is 41.7. The van der Waals surface area contributed by atoms with Gasteiger partial charge in [0.05, 0.1) is 6.61 Å². The molecule has 2 aromatic carbocycles. The van der Waals surface area contributed by atoms with E-state index in [2.05, 4.69) is 10.6 Å². The average Bonchev–Trinajstić information content (AvgIpc) is 2.78. The fourth-order valence-corrected chi connectivity index (χ4v) is 4.04. The SMILES string of the molecule is Cc1cccc(C(C(=O)Nc2ccccc2C)N(CCO)C(=O)C(CC(C)C)NC(=O)OC(C)(C)C)c1. The van der Waals surface area contributed by atoms with Crippen LogP contribution < -0.4 is 10.6 Å². The highest BCUT2D eigenvalue weighted by molar-refractivity contribution is 5.99. The number of rotatable bonds is 10. The maximum atomic E-state index is 14.0. The van der Waals surface area contributed by atoms with Crippen LogP contribution in [0.2, 0.25) is 0 Å². The highest BCUT2D eigenvalue weighted by Crippen LogP contribution is 2.26. The minimum atomic E-state index is -1.03. The molecular formula is C29H41N3O5. The van der Waals surface area contributed by atoms with Gasteiger partial charge in [0.2, 0.25) is 5.91 Å². The molecule has 0 aliphatic rings. The predicted molar refractivity (Wildman–Crippen MR) is 145 cm³/mol. The third-order valence-electron chi connectivity index (χ3n) is 5.64. The highest BCUT2D eigenvalue weighted by atomic mass is 16.6. The van der Waals surface area contributed by atoms with Gasteiger partial charge in [-0.2, -0.15) is 0 Å². The topological polar surface area (TPSA) is 108 Å². The molecule has 2 unspecified atom stereocenters. The largest absolute Gasteiger partial charge is 0.444 e. The lowest BCUT2D eigenvalue weighted by molar-refractivity contribution is -0.141. The van der Waals surface area contributed by atoms with Gasteiger partial charge >= 0.3 is 6.09 Å². The van der Waals surface area contributed by atoms with Crippen molar-refractivity contribution in [2.45, 2.75) is 72.6 Å². The molecule has 2 atom stereocenters. The van der Waals surface area contributed by atoms with Gasteiger partial charge < -0.3 is 25.4 Å². The number of benzene rings is 2. The van der Waals surface area contributed by atoms with Crippen LogP contribution in [-0.2, 0) is 14.3 Å². The fourth-order valence-electron chi connectivity index (χ4n) is 4.04. The second-order valence-corrected chi connectivity index (χ2v) is 10.7. The Bertz CT molecular complexity index is 1080. The molecule has 0 saturated heterocycles. The number of hydrogen-bond donors (Lipinski definition) is 3. The number of aliphatic hydroxyl groups is 1. The smallest absolute Gasteiger partial charge is 0.408 e. The third-order valence-corrected chi connectivity index (χ3v) is 5.64. The van der Waals surface area contributed by atoms with Gasteiger partial charge in [0, 0.05) is 12.2 Å². The summed E-state index contributed by atoms with van der Waals surface area (Å²) in [5.41, 5.74) is 2.30. The van der Waals surface area contributed by atoms with E-state index in [1.165, 1.54) is 4.90 Å². The van der Waals surface area contributed by atoms with Gasteiger partial charge in [-0.1, -0.05) is 61.9 Å². The van der Waals surface area contributed by atoms with Crippen molar-refractivity contribution >= 4 is 23.6 Å². The standard InChI is InChI=1S/C29H41N3O5/c1-19(2)17-24(31-28(36)37-29(5,6)7)27(35)32(15-16-33)25(22-13-10-11-20(3)18-22)26(34)30-23-14-9-8-12-21(23)4/h8-14,18-19,24-25,33H,15-17H2,1-7H3,(H,30,34)(H,31,36). The zero-order chi connectivity index (χ0) is 27.8. The number of carbonyl (C=O) groups is 3. The van der Waals surface area contributed by atoms with E-state index in [0.29, 0.717) is 17.7 Å². The average molecular weight is 512 g/mol. The number of nitrogens with zero attached hydrogens (tertiary/aromatic N) is 1. The van der Waals surface area contributed by atoms with Crippen LogP contribution in [0.15, 0.2) is 48.5 Å². The van der Waals surface area contributed by atoms with E-state index in [4.69, 9.17) is 4.74 Å². The first-order valence-electron chi connectivity index (χ1n) is 12.7. The summed E-state index contributed by atoms with van der Waals surface area (Å²) >= 11 is 0. The van der Waals surface area contributed by atoms with E-state index in [-0.39, 0.29) is 19.1 Å². The molecule has 0 aliphatic heterocycles. The lowest BCUT2D eigenvalue weighted by Gasteiger charge is -2.34. The van der Waals surface area contributed by atoms with Gasteiger partial charge in [0.1, 0.15) is 17.7 Å². The number of hydrogen-bond acceptors (Lipinski definition) is 5. The molecule has 0 spiro atoms. The van der Waals surface area contributed by atoms with Crippen molar-refractivity contribution in [3.8, 4) is 0 Å². The first kappa shape index (κ1) is 29.8. The second-order valence-electron chi connectivity index (χ2n) is 10.7. The highest BCUT2D eigenvalue weighted by Gasteiger charge is 2.36. The molecule has 37 heavy (non-hydrogen) atoms. The lowest BCUT2D eigenvalue weighted by atomic mass is 9.98. The minimum Gasteiger partial charge on any atom is -0.444 e. The molecule has 2 aromatic rings. The Balaban J connectivity index is 2.50. The molecule has 8 heteroatoms. The summed E-state index contributed by atoms with van der Waals surface area (Å²) in [6.07, 6.45) is -0.383.